The Kier molecular flexibility index (Phi) is 5.66. The molecule has 19 heavy (non-hydrogen) atoms. The van der Waals surface area contributed by atoms with E-state index in [1.54, 1.807) is 0 Å². The van der Waals surface area contributed by atoms with Gasteiger partial charge in [0.2, 0.25) is 0 Å². The summed E-state index contributed by atoms with van der Waals surface area (Å²) in [5.41, 5.74) is 0.904. The minimum Gasteiger partial charge on any atom is -0.494 e. The molecule has 6 heteroatoms. The van der Waals surface area contributed by atoms with Crippen molar-refractivity contribution < 1.29 is 19.4 Å². The van der Waals surface area contributed by atoms with Crippen LogP contribution in [0.25, 0.3) is 0 Å². The van der Waals surface area contributed by atoms with Crippen molar-refractivity contribution in [1.29, 1.82) is 0 Å². The predicted octanol–water partition coefficient (Wildman–Crippen LogP) is 1.36. The first-order chi connectivity index (χ1) is 9.02. The molecule has 0 aliphatic rings. The summed E-state index contributed by atoms with van der Waals surface area (Å²) >= 11 is 0. The molecule has 0 bridgehead atoms. The first-order valence-corrected chi connectivity index (χ1v) is 6.01. The highest BCUT2D eigenvalue weighted by atomic mass is 16.5. The summed E-state index contributed by atoms with van der Waals surface area (Å²) in [6.07, 6.45) is 0. The zero-order valence-corrected chi connectivity index (χ0v) is 11.0. The number of hydrogen-bond donors (Lipinski definition) is 3. The number of hydrogen-bond acceptors (Lipinski definition) is 3. The molecule has 0 aliphatic carbocycles. The van der Waals surface area contributed by atoms with Crippen molar-refractivity contribution in [1.82, 2.24) is 10.6 Å². The van der Waals surface area contributed by atoms with E-state index in [1.165, 1.54) is 6.92 Å². The lowest BCUT2D eigenvalue weighted by atomic mass is 10.2. The SMILES string of the molecule is CCOc1ccc(CNC(=O)NC(C)C(=O)O)cc1. The lowest BCUT2D eigenvalue weighted by Gasteiger charge is -2.11. The maximum Gasteiger partial charge on any atom is 0.325 e. The van der Waals surface area contributed by atoms with E-state index in [-0.39, 0.29) is 0 Å². The smallest absolute Gasteiger partial charge is 0.325 e. The average molecular weight is 266 g/mol. The number of urea groups is 1. The second-order valence-electron chi connectivity index (χ2n) is 3.96. The van der Waals surface area contributed by atoms with Crippen molar-refractivity contribution in [3.63, 3.8) is 0 Å². The lowest BCUT2D eigenvalue weighted by Crippen LogP contribution is -2.44. The number of carbonyl (C=O) groups excluding carboxylic acids is 1. The summed E-state index contributed by atoms with van der Waals surface area (Å²) in [5.74, 6) is -0.300. The normalized spacial score (nSPS) is 11.5. The summed E-state index contributed by atoms with van der Waals surface area (Å²) in [6, 6.07) is 5.89. The van der Waals surface area contributed by atoms with Gasteiger partial charge in [0, 0.05) is 6.54 Å². The first kappa shape index (κ1) is 14.8. The zero-order valence-electron chi connectivity index (χ0n) is 11.0. The molecule has 0 heterocycles. The Morgan fingerprint density at radius 3 is 2.47 bits per heavy atom. The third-order valence-electron chi connectivity index (χ3n) is 2.41. The second-order valence-corrected chi connectivity index (χ2v) is 3.96. The van der Waals surface area contributed by atoms with Crippen LogP contribution in [0.5, 0.6) is 5.75 Å². The molecule has 1 rings (SSSR count). The van der Waals surface area contributed by atoms with Crippen LogP contribution in [-0.2, 0) is 11.3 Å². The fourth-order valence-electron chi connectivity index (χ4n) is 1.36. The van der Waals surface area contributed by atoms with Crippen LogP contribution in [0.3, 0.4) is 0 Å². The quantitative estimate of drug-likeness (QED) is 0.725. The van der Waals surface area contributed by atoms with Crippen LogP contribution in [0.15, 0.2) is 24.3 Å². The molecule has 3 N–H and O–H groups in total. The molecular weight excluding hydrogens is 248 g/mol. The van der Waals surface area contributed by atoms with Crippen LogP contribution in [-0.4, -0.2) is 29.8 Å². The van der Waals surface area contributed by atoms with Gasteiger partial charge in [-0.2, -0.15) is 0 Å². The van der Waals surface area contributed by atoms with E-state index in [9.17, 15) is 9.59 Å². The van der Waals surface area contributed by atoms with Crippen molar-refractivity contribution in [2.75, 3.05) is 6.61 Å². The standard InChI is InChI=1S/C13H18N2O4/c1-3-19-11-6-4-10(5-7-11)8-14-13(18)15-9(2)12(16)17/h4-7,9H,3,8H2,1-2H3,(H,16,17)(H2,14,15,18). The van der Waals surface area contributed by atoms with E-state index >= 15 is 0 Å². The first-order valence-electron chi connectivity index (χ1n) is 6.01. The van der Waals surface area contributed by atoms with Crippen molar-refractivity contribution in [3.8, 4) is 5.75 Å². The van der Waals surface area contributed by atoms with Crippen molar-refractivity contribution >= 4 is 12.0 Å². The van der Waals surface area contributed by atoms with Gasteiger partial charge in [-0.05, 0) is 31.5 Å². The van der Waals surface area contributed by atoms with Gasteiger partial charge in [0.15, 0.2) is 0 Å². The van der Waals surface area contributed by atoms with Gasteiger partial charge in [-0.3, -0.25) is 4.79 Å². The van der Waals surface area contributed by atoms with Crippen LogP contribution >= 0.6 is 0 Å². The molecule has 0 radical (unpaired) electrons. The fraction of sp³-hybridized carbons (Fsp3) is 0.385. The monoisotopic (exact) mass is 266 g/mol. The number of rotatable bonds is 6. The van der Waals surface area contributed by atoms with Gasteiger partial charge in [0.25, 0.3) is 0 Å². The number of aliphatic carboxylic acids is 1. The van der Waals surface area contributed by atoms with Crippen LogP contribution in [0.4, 0.5) is 4.79 Å². The third kappa shape index (κ3) is 5.29. The van der Waals surface area contributed by atoms with Crippen molar-refractivity contribution in [3.05, 3.63) is 29.8 Å². The van der Waals surface area contributed by atoms with Crippen LogP contribution < -0.4 is 15.4 Å². The van der Waals surface area contributed by atoms with Gasteiger partial charge in [-0.1, -0.05) is 12.1 Å². The molecule has 104 valence electrons. The molecule has 0 saturated heterocycles. The Hall–Kier alpha value is -2.24. The van der Waals surface area contributed by atoms with Gasteiger partial charge in [0.05, 0.1) is 6.61 Å². The second kappa shape index (κ2) is 7.25. The molecular formula is C13H18N2O4. The molecule has 1 atom stereocenters. The summed E-state index contributed by atoms with van der Waals surface area (Å²) in [5, 5.41) is 13.5. The van der Waals surface area contributed by atoms with E-state index in [0.29, 0.717) is 13.2 Å². The maximum atomic E-state index is 11.4. The molecule has 0 fully saturated rings. The number of ether oxygens (including phenoxy) is 1. The number of carboxylic acids is 1. The largest absolute Gasteiger partial charge is 0.494 e. The van der Waals surface area contributed by atoms with E-state index in [1.807, 2.05) is 31.2 Å². The van der Waals surface area contributed by atoms with Gasteiger partial charge >= 0.3 is 12.0 Å². The van der Waals surface area contributed by atoms with E-state index < -0.39 is 18.0 Å². The third-order valence-corrected chi connectivity index (χ3v) is 2.41. The molecule has 0 aromatic heterocycles. The van der Waals surface area contributed by atoms with Crippen LogP contribution in [0.1, 0.15) is 19.4 Å². The number of carboxylic acid groups (broad SMARTS) is 1. The maximum absolute atomic E-state index is 11.4. The highest BCUT2D eigenvalue weighted by Crippen LogP contribution is 2.11. The number of carbonyl (C=O) groups is 2. The van der Waals surface area contributed by atoms with Crippen molar-refractivity contribution in [2.45, 2.75) is 26.4 Å². The summed E-state index contributed by atoms with van der Waals surface area (Å²) in [7, 11) is 0. The summed E-state index contributed by atoms with van der Waals surface area (Å²) < 4.78 is 5.30. The molecule has 1 aromatic rings. The average Bonchev–Trinajstić information content (AvgIpc) is 2.38. The van der Waals surface area contributed by atoms with Crippen molar-refractivity contribution in [2.24, 2.45) is 0 Å². The van der Waals surface area contributed by atoms with E-state index in [0.717, 1.165) is 11.3 Å². The minimum atomic E-state index is -1.07. The minimum absolute atomic E-state index is 0.324. The molecule has 0 saturated carbocycles. The number of benzene rings is 1. The Morgan fingerprint density at radius 1 is 1.32 bits per heavy atom. The Balaban J connectivity index is 2.39. The lowest BCUT2D eigenvalue weighted by molar-refractivity contribution is -0.138. The summed E-state index contributed by atoms with van der Waals surface area (Å²) in [6.45, 7) is 4.24. The zero-order chi connectivity index (χ0) is 14.3. The Bertz CT molecular complexity index is 431. The number of nitrogens with one attached hydrogen (secondary N) is 2. The van der Waals surface area contributed by atoms with Gasteiger partial charge in [-0.15, -0.1) is 0 Å². The van der Waals surface area contributed by atoms with Gasteiger partial charge in [-0.25, -0.2) is 4.79 Å². The Morgan fingerprint density at radius 2 is 1.95 bits per heavy atom. The fourth-order valence-corrected chi connectivity index (χ4v) is 1.36. The molecule has 0 aliphatic heterocycles. The highest BCUT2D eigenvalue weighted by Gasteiger charge is 2.13. The molecule has 6 nitrogen and oxygen atoms in total. The molecule has 0 spiro atoms. The molecule has 1 aromatic carbocycles. The molecule has 1 unspecified atom stereocenters. The summed E-state index contributed by atoms with van der Waals surface area (Å²) in [4.78, 5) is 21.9. The van der Waals surface area contributed by atoms with Gasteiger partial charge < -0.3 is 20.5 Å². The Labute approximate surface area is 111 Å². The van der Waals surface area contributed by atoms with Gasteiger partial charge in [0.1, 0.15) is 11.8 Å². The topological polar surface area (TPSA) is 87.7 Å². The highest BCUT2D eigenvalue weighted by molar-refractivity contribution is 5.82. The van der Waals surface area contributed by atoms with E-state index in [4.69, 9.17) is 9.84 Å². The number of amides is 2. The van der Waals surface area contributed by atoms with E-state index in [2.05, 4.69) is 10.6 Å². The molecule has 2 amide bonds. The predicted molar refractivity (Wildman–Crippen MR) is 70.1 cm³/mol. The van der Waals surface area contributed by atoms with Crippen LogP contribution in [0, 0.1) is 0 Å². The van der Waals surface area contributed by atoms with Crippen LogP contribution in [0.2, 0.25) is 0 Å².